The second kappa shape index (κ2) is 10.7. The minimum atomic E-state index is -0.126. The summed E-state index contributed by atoms with van der Waals surface area (Å²) in [7, 11) is 0. The van der Waals surface area contributed by atoms with Crippen LogP contribution < -0.4 is 15.1 Å². The maximum absolute atomic E-state index is 7.01. The van der Waals surface area contributed by atoms with Crippen molar-refractivity contribution in [1.29, 1.82) is 0 Å². The van der Waals surface area contributed by atoms with Crippen LogP contribution in [0.25, 0.3) is 5.69 Å². The molecule has 2 aliphatic heterocycles. The Labute approximate surface area is 241 Å². The summed E-state index contributed by atoms with van der Waals surface area (Å²) < 4.78 is 2.25. The van der Waals surface area contributed by atoms with Crippen molar-refractivity contribution >= 4 is 40.3 Å². The normalized spacial score (nSPS) is 23.2. The summed E-state index contributed by atoms with van der Waals surface area (Å²) >= 11 is 13.0. The highest BCUT2D eigenvalue weighted by molar-refractivity contribution is 7.80. The molecule has 7 heteroatoms. The van der Waals surface area contributed by atoms with Crippen LogP contribution in [0.4, 0.5) is 11.4 Å². The maximum Gasteiger partial charge on any atom is 0.174 e. The highest BCUT2D eigenvalue weighted by Gasteiger charge is 2.42. The zero-order chi connectivity index (χ0) is 27.1. The van der Waals surface area contributed by atoms with E-state index < -0.39 is 0 Å². The highest BCUT2D eigenvalue weighted by Crippen LogP contribution is 2.44. The molecule has 5 nitrogen and oxygen atoms in total. The fourth-order valence-corrected chi connectivity index (χ4v) is 6.98. The van der Waals surface area contributed by atoms with E-state index in [2.05, 4.69) is 107 Å². The van der Waals surface area contributed by atoms with Gasteiger partial charge in [0, 0.05) is 42.6 Å². The van der Waals surface area contributed by atoms with Gasteiger partial charge < -0.3 is 19.7 Å². The number of nitrogens with zero attached hydrogens (tertiary/aromatic N) is 4. The maximum atomic E-state index is 7.01. The number of halogens is 1. The number of piperidine rings is 1. The van der Waals surface area contributed by atoms with Crippen LogP contribution in [0.1, 0.15) is 49.3 Å². The van der Waals surface area contributed by atoms with Crippen molar-refractivity contribution in [3.05, 3.63) is 107 Å². The largest absolute Gasteiger partial charge is 0.370 e. The van der Waals surface area contributed by atoms with Gasteiger partial charge in [0.1, 0.15) is 6.04 Å². The highest BCUT2D eigenvalue weighted by atomic mass is 35.5. The lowest BCUT2D eigenvalue weighted by molar-refractivity contribution is 0.357. The molecule has 2 aromatic carbocycles. The SMILES string of the molecule is Cc1cccc(-n2cccc2C2C(c3ccccn3)NC(=S)N2c2ccc(N3CC(C)CC(C)C3)c(Cl)c2)c1. The van der Waals surface area contributed by atoms with Crippen molar-refractivity contribution in [2.45, 2.75) is 39.3 Å². The van der Waals surface area contributed by atoms with E-state index >= 15 is 0 Å². The Morgan fingerprint density at radius 3 is 2.46 bits per heavy atom. The molecule has 0 bridgehead atoms. The van der Waals surface area contributed by atoms with Gasteiger partial charge in [0.2, 0.25) is 0 Å². The Bertz CT molecular complexity index is 1470. The van der Waals surface area contributed by atoms with Crippen LogP contribution in [0.3, 0.4) is 0 Å². The third-order valence-corrected chi connectivity index (χ3v) is 8.50. The predicted molar refractivity (Wildman–Crippen MR) is 165 cm³/mol. The van der Waals surface area contributed by atoms with Gasteiger partial charge in [-0.05, 0) is 97.6 Å². The van der Waals surface area contributed by atoms with E-state index in [1.54, 1.807) is 0 Å². The average molecular weight is 556 g/mol. The Kier molecular flexibility index (Phi) is 7.08. The lowest BCUT2D eigenvalue weighted by atomic mass is 9.91. The Balaban J connectivity index is 1.43. The number of aryl methyl sites for hydroxylation is 1. The first-order valence-electron chi connectivity index (χ1n) is 13.7. The monoisotopic (exact) mass is 555 g/mol. The molecule has 39 heavy (non-hydrogen) atoms. The second-order valence-electron chi connectivity index (χ2n) is 11.1. The molecule has 0 spiro atoms. The summed E-state index contributed by atoms with van der Waals surface area (Å²) in [5.74, 6) is 1.30. The summed E-state index contributed by atoms with van der Waals surface area (Å²) in [6.07, 6.45) is 5.22. The van der Waals surface area contributed by atoms with E-state index in [0.29, 0.717) is 16.9 Å². The molecular formula is C32H34ClN5S. The molecular weight excluding hydrogens is 522 g/mol. The fraction of sp³-hybridized carbons (Fsp3) is 0.312. The van der Waals surface area contributed by atoms with Crippen molar-refractivity contribution < 1.29 is 0 Å². The molecule has 4 aromatic rings. The molecule has 200 valence electrons. The molecule has 4 unspecified atom stereocenters. The average Bonchev–Trinajstić information content (AvgIpc) is 3.53. The van der Waals surface area contributed by atoms with E-state index in [4.69, 9.17) is 28.8 Å². The molecule has 6 rings (SSSR count). The van der Waals surface area contributed by atoms with Crippen molar-refractivity contribution in [2.75, 3.05) is 22.9 Å². The third kappa shape index (κ3) is 5.04. The number of hydrogen-bond acceptors (Lipinski definition) is 3. The number of anilines is 2. The molecule has 4 atom stereocenters. The standard InChI is InChI=1S/C32H34ClN5S/c1-21-8-6-9-24(17-21)37-15-7-11-29(37)31-30(27-10-4-5-14-34-27)35-32(39)38(31)25-12-13-28(26(33)18-25)36-19-22(2)16-23(3)20-36/h4-15,17-18,22-23,30-31H,16,19-20H2,1-3H3,(H,35,39). The van der Waals surface area contributed by atoms with Crippen LogP contribution in [0.15, 0.2) is 85.2 Å². The molecule has 0 saturated carbocycles. The van der Waals surface area contributed by atoms with Crippen LogP contribution in [0, 0.1) is 18.8 Å². The summed E-state index contributed by atoms with van der Waals surface area (Å²) in [6, 6.07) is 25.0. The first-order valence-corrected chi connectivity index (χ1v) is 14.5. The number of nitrogens with one attached hydrogen (secondary N) is 1. The summed E-state index contributed by atoms with van der Waals surface area (Å²) in [4.78, 5) is 9.35. The van der Waals surface area contributed by atoms with Crippen molar-refractivity contribution in [3.8, 4) is 5.69 Å². The Morgan fingerprint density at radius 1 is 0.923 bits per heavy atom. The van der Waals surface area contributed by atoms with E-state index in [1.807, 2.05) is 18.3 Å². The summed E-state index contributed by atoms with van der Waals surface area (Å²) in [5, 5.41) is 5.00. The number of hydrogen-bond donors (Lipinski definition) is 1. The molecule has 1 N–H and O–H groups in total. The minimum absolute atomic E-state index is 0.125. The second-order valence-corrected chi connectivity index (χ2v) is 11.9. The van der Waals surface area contributed by atoms with E-state index in [1.165, 1.54) is 12.0 Å². The molecule has 2 aromatic heterocycles. The first-order chi connectivity index (χ1) is 18.9. The Hall–Kier alpha value is -3.35. The van der Waals surface area contributed by atoms with Crippen molar-refractivity contribution in [2.24, 2.45) is 11.8 Å². The van der Waals surface area contributed by atoms with Crippen molar-refractivity contribution in [3.63, 3.8) is 0 Å². The molecule has 2 fully saturated rings. The van der Waals surface area contributed by atoms with Gasteiger partial charge in [-0.1, -0.05) is 43.6 Å². The predicted octanol–water partition coefficient (Wildman–Crippen LogP) is 7.49. The molecule has 0 radical (unpaired) electrons. The molecule has 0 amide bonds. The minimum Gasteiger partial charge on any atom is -0.370 e. The summed E-state index contributed by atoms with van der Waals surface area (Å²) in [5.41, 5.74) is 6.48. The van der Waals surface area contributed by atoms with Gasteiger partial charge in [0.05, 0.1) is 22.4 Å². The van der Waals surface area contributed by atoms with Crippen molar-refractivity contribution in [1.82, 2.24) is 14.9 Å². The smallest absolute Gasteiger partial charge is 0.174 e. The third-order valence-electron chi connectivity index (χ3n) is 7.88. The van der Waals surface area contributed by atoms with Crippen LogP contribution in [0.2, 0.25) is 5.02 Å². The summed E-state index contributed by atoms with van der Waals surface area (Å²) in [6.45, 7) is 8.83. The Morgan fingerprint density at radius 2 is 1.74 bits per heavy atom. The van der Waals surface area contributed by atoms with Crippen LogP contribution >= 0.6 is 23.8 Å². The van der Waals surface area contributed by atoms with Crippen LogP contribution in [-0.4, -0.2) is 27.8 Å². The van der Waals surface area contributed by atoms with Gasteiger partial charge in [0.15, 0.2) is 5.11 Å². The van der Waals surface area contributed by atoms with Crippen LogP contribution in [-0.2, 0) is 0 Å². The number of thiocarbonyl (C=S) groups is 1. The lowest BCUT2D eigenvalue weighted by Gasteiger charge is -2.37. The lowest BCUT2D eigenvalue weighted by Crippen LogP contribution is -2.38. The van der Waals surface area contributed by atoms with Gasteiger partial charge >= 0.3 is 0 Å². The van der Waals surface area contributed by atoms with E-state index in [0.717, 1.165) is 46.6 Å². The van der Waals surface area contributed by atoms with Gasteiger partial charge in [-0.2, -0.15) is 0 Å². The number of pyridine rings is 1. The van der Waals surface area contributed by atoms with E-state index in [9.17, 15) is 0 Å². The molecule has 0 aliphatic carbocycles. The fourth-order valence-electron chi connectivity index (χ4n) is 6.34. The zero-order valence-corrected chi connectivity index (χ0v) is 24.2. The number of aromatic nitrogens is 2. The topological polar surface area (TPSA) is 36.3 Å². The first kappa shape index (κ1) is 25.9. The molecule has 2 aliphatic rings. The molecule has 2 saturated heterocycles. The van der Waals surface area contributed by atoms with E-state index in [-0.39, 0.29) is 12.1 Å². The zero-order valence-electron chi connectivity index (χ0n) is 22.6. The van der Waals surface area contributed by atoms with Gasteiger partial charge in [0.25, 0.3) is 0 Å². The van der Waals surface area contributed by atoms with Gasteiger partial charge in [-0.15, -0.1) is 0 Å². The van der Waals surface area contributed by atoms with Crippen LogP contribution in [0.5, 0.6) is 0 Å². The number of benzene rings is 2. The quantitative estimate of drug-likeness (QED) is 0.258. The number of rotatable bonds is 5. The van der Waals surface area contributed by atoms with Gasteiger partial charge in [-0.3, -0.25) is 4.98 Å². The molecule has 4 heterocycles. The van der Waals surface area contributed by atoms with Gasteiger partial charge in [-0.25, -0.2) is 0 Å².